The molecule has 1 aliphatic heterocycles. The highest BCUT2D eigenvalue weighted by molar-refractivity contribution is 7.13. The molecule has 0 fully saturated rings. The number of carbonyl (C=O) groups excluding carboxylic acids is 2. The summed E-state index contributed by atoms with van der Waals surface area (Å²) >= 11 is 7.44. The van der Waals surface area contributed by atoms with Gasteiger partial charge in [-0.3, -0.25) is 9.59 Å². The highest BCUT2D eigenvalue weighted by Gasteiger charge is 2.21. The second-order valence-electron chi connectivity index (χ2n) is 7.09. The number of fused-ring (bicyclic) bond motifs is 2. The largest absolute Gasteiger partial charge is 0.350 e. The number of nitrogens with one attached hydrogen (secondary N) is 2. The zero-order valence-electron chi connectivity index (χ0n) is 16.0. The SMILES string of the molecule is CN1CCc2nc(C(=O)NCCNC(=O)c3ccc4cc(Cl)ccc4c3)sc2C1. The van der Waals surface area contributed by atoms with Gasteiger partial charge in [-0.05, 0) is 42.1 Å². The number of thiazole rings is 1. The molecular formula is C21H21ClN4O2S. The van der Waals surface area contributed by atoms with Crippen LogP contribution in [0.3, 0.4) is 0 Å². The molecule has 2 amide bonds. The predicted molar refractivity (Wildman–Crippen MR) is 116 cm³/mol. The van der Waals surface area contributed by atoms with Gasteiger partial charge in [0, 0.05) is 48.1 Å². The van der Waals surface area contributed by atoms with Crippen molar-refractivity contribution in [3.63, 3.8) is 0 Å². The quantitative estimate of drug-likeness (QED) is 0.612. The number of hydrogen-bond acceptors (Lipinski definition) is 5. The van der Waals surface area contributed by atoms with Gasteiger partial charge >= 0.3 is 0 Å². The summed E-state index contributed by atoms with van der Waals surface area (Å²) in [5.74, 6) is -0.368. The van der Waals surface area contributed by atoms with Gasteiger partial charge in [-0.1, -0.05) is 23.7 Å². The first-order valence-corrected chi connectivity index (χ1v) is 10.6. The lowest BCUT2D eigenvalue weighted by Crippen LogP contribution is -2.34. The van der Waals surface area contributed by atoms with Gasteiger partial charge in [-0.2, -0.15) is 0 Å². The van der Waals surface area contributed by atoms with Crippen LogP contribution >= 0.6 is 22.9 Å². The molecule has 29 heavy (non-hydrogen) atoms. The second kappa shape index (κ2) is 8.49. The maximum atomic E-state index is 12.4. The van der Waals surface area contributed by atoms with E-state index in [2.05, 4.69) is 27.6 Å². The summed E-state index contributed by atoms with van der Waals surface area (Å²) in [6.07, 6.45) is 0.879. The molecule has 2 heterocycles. The number of hydrogen-bond donors (Lipinski definition) is 2. The molecule has 1 aliphatic rings. The van der Waals surface area contributed by atoms with E-state index in [1.807, 2.05) is 24.3 Å². The second-order valence-corrected chi connectivity index (χ2v) is 8.61. The Bertz CT molecular complexity index is 1080. The molecule has 6 nitrogen and oxygen atoms in total. The van der Waals surface area contributed by atoms with Crippen LogP contribution in [-0.4, -0.2) is 48.4 Å². The Morgan fingerprint density at radius 3 is 2.66 bits per heavy atom. The highest BCUT2D eigenvalue weighted by Crippen LogP contribution is 2.24. The van der Waals surface area contributed by atoms with Crippen LogP contribution in [0.4, 0.5) is 0 Å². The van der Waals surface area contributed by atoms with Crippen molar-refractivity contribution < 1.29 is 9.59 Å². The van der Waals surface area contributed by atoms with Gasteiger partial charge in [0.2, 0.25) is 0 Å². The molecule has 0 unspecified atom stereocenters. The molecule has 4 rings (SSSR count). The van der Waals surface area contributed by atoms with Gasteiger partial charge < -0.3 is 15.5 Å². The summed E-state index contributed by atoms with van der Waals surface area (Å²) in [5.41, 5.74) is 1.60. The maximum absolute atomic E-state index is 12.4. The Balaban J connectivity index is 1.28. The molecule has 2 aromatic carbocycles. The number of aromatic nitrogens is 1. The predicted octanol–water partition coefficient (Wildman–Crippen LogP) is 3.10. The van der Waals surface area contributed by atoms with Crippen LogP contribution in [-0.2, 0) is 13.0 Å². The van der Waals surface area contributed by atoms with E-state index in [0.29, 0.717) is 28.7 Å². The zero-order chi connectivity index (χ0) is 20.4. The summed E-state index contributed by atoms with van der Waals surface area (Å²) in [7, 11) is 2.07. The number of benzene rings is 2. The standard InChI is InChI=1S/C21H21ClN4O2S/c1-26-9-6-17-18(12-26)29-21(25-17)20(28)24-8-7-23-19(27)15-3-2-14-11-16(22)5-4-13(14)10-15/h2-5,10-11H,6-9,12H2,1H3,(H,23,27)(H,24,28). The minimum Gasteiger partial charge on any atom is -0.350 e. The maximum Gasteiger partial charge on any atom is 0.280 e. The topological polar surface area (TPSA) is 74.3 Å². The van der Waals surface area contributed by atoms with Crippen molar-refractivity contribution in [2.45, 2.75) is 13.0 Å². The van der Waals surface area contributed by atoms with Gasteiger partial charge in [0.1, 0.15) is 0 Å². The van der Waals surface area contributed by atoms with Gasteiger partial charge in [0.15, 0.2) is 5.01 Å². The molecule has 2 N–H and O–H groups in total. The van der Waals surface area contributed by atoms with Crippen molar-refractivity contribution in [3.05, 3.63) is 62.6 Å². The van der Waals surface area contributed by atoms with Crippen LogP contribution in [0.25, 0.3) is 10.8 Å². The molecule has 1 aromatic heterocycles. The number of amides is 2. The number of carbonyl (C=O) groups is 2. The van der Waals surface area contributed by atoms with Crippen LogP contribution in [0, 0.1) is 0 Å². The number of rotatable bonds is 5. The first-order valence-electron chi connectivity index (χ1n) is 9.42. The average Bonchev–Trinajstić information content (AvgIpc) is 3.13. The third-order valence-electron chi connectivity index (χ3n) is 4.88. The molecule has 0 radical (unpaired) electrons. The molecule has 0 atom stereocenters. The van der Waals surface area contributed by atoms with E-state index in [-0.39, 0.29) is 11.8 Å². The van der Waals surface area contributed by atoms with Gasteiger partial charge in [0.05, 0.1) is 5.69 Å². The van der Waals surface area contributed by atoms with Crippen molar-refractivity contribution in [2.75, 3.05) is 26.7 Å². The molecular weight excluding hydrogens is 408 g/mol. The third kappa shape index (κ3) is 4.58. The number of likely N-dealkylation sites (N-methyl/N-ethyl adjacent to an activating group) is 1. The van der Waals surface area contributed by atoms with Crippen molar-refractivity contribution in [1.82, 2.24) is 20.5 Å². The van der Waals surface area contributed by atoms with E-state index in [1.165, 1.54) is 11.3 Å². The van der Waals surface area contributed by atoms with E-state index < -0.39 is 0 Å². The Morgan fingerprint density at radius 2 is 1.83 bits per heavy atom. The van der Waals surface area contributed by atoms with Crippen molar-refractivity contribution in [1.29, 1.82) is 0 Å². The average molecular weight is 429 g/mol. The Labute approximate surface area is 177 Å². The first kappa shape index (κ1) is 19.8. The summed E-state index contributed by atoms with van der Waals surface area (Å²) in [6.45, 7) is 2.49. The van der Waals surface area contributed by atoms with Crippen molar-refractivity contribution >= 4 is 45.5 Å². The van der Waals surface area contributed by atoms with Crippen LogP contribution in [0.5, 0.6) is 0 Å². The molecule has 8 heteroatoms. The van der Waals surface area contributed by atoms with Crippen molar-refractivity contribution in [2.24, 2.45) is 0 Å². The summed E-state index contributed by atoms with van der Waals surface area (Å²) in [6, 6.07) is 11.0. The fraction of sp³-hybridized carbons (Fsp3) is 0.286. The minimum atomic E-state index is -0.191. The van der Waals surface area contributed by atoms with Crippen molar-refractivity contribution in [3.8, 4) is 0 Å². The first-order chi connectivity index (χ1) is 14.0. The van der Waals surface area contributed by atoms with E-state index in [4.69, 9.17) is 11.6 Å². The van der Waals surface area contributed by atoms with E-state index in [0.717, 1.165) is 40.9 Å². The van der Waals surface area contributed by atoms with Gasteiger partial charge in [0.25, 0.3) is 11.8 Å². The number of halogens is 1. The van der Waals surface area contributed by atoms with Gasteiger partial charge in [-0.25, -0.2) is 4.98 Å². The van der Waals surface area contributed by atoms with E-state index in [9.17, 15) is 9.59 Å². The lowest BCUT2D eigenvalue weighted by Gasteiger charge is -2.20. The van der Waals surface area contributed by atoms with E-state index in [1.54, 1.807) is 12.1 Å². The fourth-order valence-electron chi connectivity index (χ4n) is 3.31. The normalized spacial score (nSPS) is 13.9. The molecule has 150 valence electrons. The molecule has 0 saturated heterocycles. The molecule has 0 aliphatic carbocycles. The Morgan fingerprint density at radius 1 is 1.10 bits per heavy atom. The molecule has 0 saturated carbocycles. The summed E-state index contributed by atoms with van der Waals surface area (Å²) in [4.78, 5) is 32.5. The van der Waals surface area contributed by atoms with Crippen LogP contribution < -0.4 is 10.6 Å². The molecule has 0 bridgehead atoms. The highest BCUT2D eigenvalue weighted by atomic mass is 35.5. The Hall–Kier alpha value is -2.48. The minimum absolute atomic E-state index is 0.177. The lowest BCUT2D eigenvalue weighted by molar-refractivity contribution is 0.0927. The summed E-state index contributed by atoms with van der Waals surface area (Å²) < 4.78 is 0. The molecule has 0 spiro atoms. The smallest absolute Gasteiger partial charge is 0.280 e. The summed E-state index contributed by atoms with van der Waals surface area (Å²) in [5, 5.41) is 8.75. The van der Waals surface area contributed by atoms with Crippen LogP contribution in [0.1, 0.15) is 30.7 Å². The van der Waals surface area contributed by atoms with Crippen LogP contribution in [0.15, 0.2) is 36.4 Å². The Kier molecular flexibility index (Phi) is 5.80. The lowest BCUT2D eigenvalue weighted by atomic mass is 10.1. The molecule has 3 aromatic rings. The van der Waals surface area contributed by atoms with Gasteiger partial charge in [-0.15, -0.1) is 11.3 Å². The fourth-order valence-corrected chi connectivity index (χ4v) is 4.59. The van der Waals surface area contributed by atoms with E-state index >= 15 is 0 Å². The number of nitrogens with zero attached hydrogens (tertiary/aromatic N) is 2. The zero-order valence-corrected chi connectivity index (χ0v) is 17.6. The van der Waals surface area contributed by atoms with Crippen LogP contribution in [0.2, 0.25) is 5.02 Å². The monoisotopic (exact) mass is 428 g/mol. The third-order valence-corrected chi connectivity index (χ3v) is 6.19.